The van der Waals surface area contributed by atoms with Crippen LogP contribution in [0.25, 0.3) is 0 Å². The molecule has 15 heavy (non-hydrogen) atoms. The number of hydroxylamine groups is 2. The monoisotopic (exact) mass is 209 g/mol. The molecule has 1 saturated heterocycles. The number of hydrogen-bond acceptors (Lipinski definition) is 4. The highest BCUT2D eigenvalue weighted by atomic mass is 16.7. The fourth-order valence-corrected chi connectivity index (χ4v) is 1.54. The Morgan fingerprint density at radius 1 is 1.60 bits per heavy atom. The van der Waals surface area contributed by atoms with E-state index in [1.165, 1.54) is 0 Å². The second-order valence-corrected chi connectivity index (χ2v) is 4.29. The third kappa shape index (κ3) is 1.68. The van der Waals surface area contributed by atoms with Crippen LogP contribution in [0.4, 0.5) is 0 Å². The average Bonchev–Trinajstić information content (AvgIpc) is 2.66. The number of rotatable bonds is 2. The van der Waals surface area contributed by atoms with Crippen molar-refractivity contribution in [2.75, 3.05) is 6.61 Å². The second-order valence-electron chi connectivity index (χ2n) is 4.29. The van der Waals surface area contributed by atoms with Gasteiger partial charge in [-0.1, -0.05) is 0 Å². The van der Waals surface area contributed by atoms with Gasteiger partial charge in [0.1, 0.15) is 12.1 Å². The van der Waals surface area contributed by atoms with Crippen molar-refractivity contribution in [3.63, 3.8) is 0 Å². The largest absolute Gasteiger partial charge is 0.336 e. The normalized spacial score (nSPS) is 21.1. The van der Waals surface area contributed by atoms with E-state index in [0.29, 0.717) is 6.54 Å². The Kier molecular flexibility index (Phi) is 2.36. The van der Waals surface area contributed by atoms with Gasteiger partial charge in [-0.3, -0.25) is 9.63 Å². The number of ketones is 1. The minimum Gasteiger partial charge on any atom is -0.336 e. The highest BCUT2D eigenvalue weighted by molar-refractivity contribution is 5.89. The van der Waals surface area contributed by atoms with Crippen LogP contribution in [-0.2, 0) is 23.2 Å². The van der Waals surface area contributed by atoms with Crippen molar-refractivity contribution < 1.29 is 9.63 Å². The molecule has 0 saturated carbocycles. The molecule has 0 atom stereocenters. The van der Waals surface area contributed by atoms with Crippen LogP contribution in [0, 0.1) is 0 Å². The van der Waals surface area contributed by atoms with Gasteiger partial charge in [0.2, 0.25) is 0 Å². The summed E-state index contributed by atoms with van der Waals surface area (Å²) in [5.74, 6) is 0.115. The molecular weight excluding hydrogens is 194 g/mol. The van der Waals surface area contributed by atoms with Crippen LogP contribution in [0.5, 0.6) is 0 Å². The number of carbonyl (C=O) groups excluding carboxylic acids is 1. The lowest BCUT2D eigenvalue weighted by Crippen LogP contribution is -2.42. The number of imidazole rings is 1. The van der Waals surface area contributed by atoms with Crippen LogP contribution < -0.4 is 0 Å². The molecule has 0 radical (unpaired) electrons. The third-order valence-electron chi connectivity index (χ3n) is 2.88. The van der Waals surface area contributed by atoms with Gasteiger partial charge in [0.25, 0.3) is 0 Å². The fraction of sp³-hybridized carbons (Fsp3) is 0.600. The minimum absolute atomic E-state index is 0.115. The molecule has 0 spiro atoms. The van der Waals surface area contributed by atoms with Crippen LogP contribution in [-0.4, -0.2) is 32.5 Å². The van der Waals surface area contributed by atoms with Gasteiger partial charge in [-0.25, -0.2) is 4.98 Å². The molecule has 2 heterocycles. The highest BCUT2D eigenvalue weighted by Crippen LogP contribution is 2.24. The predicted molar refractivity (Wildman–Crippen MR) is 53.8 cm³/mol. The predicted octanol–water partition coefficient (Wildman–Crippen LogP) is 0.515. The highest BCUT2D eigenvalue weighted by Gasteiger charge is 2.41. The molecule has 1 aliphatic heterocycles. The topological polar surface area (TPSA) is 47.4 Å². The molecule has 5 heteroatoms. The Bertz CT molecular complexity index is 384. The number of aryl methyl sites for hydroxylation is 1. The molecule has 1 aromatic heterocycles. The fourth-order valence-electron chi connectivity index (χ4n) is 1.54. The maximum Gasteiger partial charge on any atom is 0.182 e. The van der Waals surface area contributed by atoms with Crippen molar-refractivity contribution in [3.8, 4) is 0 Å². The van der Waals surface area contributed by atoms with E-state index < -0.39 is 5.54 Å². The SMILES string of the molecule is Cn1cncc1CN1OCC(=O)C1(C)C. The van der Waals surface area contributed by atoms with E-state index in [4.69, 9.17) is 4.84 Å². The van der Waals surface area contributed by atoms with E-state index in [9.17, 15) is 4.79 Å². The first-order chi connectivity index (χ1) is 7.01. The van der Waals surface area contributed by atoms with Gasteiger partial charge in [0.15, 0.2) is 5.78 Å². The first kappa shape index (κ1) is 10.3. The Balaban J connectivity index is 2.14. The summed E-state index contributed by atoms with van der Waals surface area (Å²) in [4.78, 5) is 20.9. The number of hydrogen-bond donors (Lipinski definition) is 0. The summed E-state index contributed by atoms with van der Waals surface area (Å²) >= 11 is 0. The zero-order valence-corrected chi connectivity index (χ0v) is 9.23. The maximum atomic E-state index is 11.5. The van der Waals surface area contributed by atoms with Crippen LogP contribution >= 0.6 is 0 Å². The average molecular weight is 209 g/mol. The summed E-state index contributed by atoms with van der Waals surface area (Å²) in [6.07, 6.45) is 3.52. The molecule has 1 aromatic rings. The molecule has 2 rings (SSSR count). The lowest BCUT2D eigenvalue weighted by atomic mass is 10.0. The van der Waals surface area contributed by atoms with Gasteiger partial charge in [-0.15, -0.1) is 0 Å². The number of nitrogens with zero attached hydrogens (tertiary/aromatic N) is 3. The van der Waals surface area contributed by atoms with E-state index in [0.717, 1.165) is 5.69 Å². The molecule has 0 N–H and O–H groups in total. The summed E-state index contributed by atoms with van der Waals surface area (Å²) in [5, 5.41) is 1.71. The lowest BCUT2D eigenvalue weighted by Gasteiger charge is -2.27. The molecule has 0 amide bonds. The van der Waals surface area contributed by atoms with Gasteiger partial charge in [0.05, 0.1) is 18.6 Å². The van der Waals surface area contributed by atoms with Crippen LogP contribution in [0.3, 0.4) is 0 Å². The summed E-state index contributed by atoms with van der Waals surface area (Å²) in [7, 11) is 1.92. The second kappa shape index (κ2) is 3.43. The van der Waals surface area contributed by atoms with Gasteiger partial charge in [-0.05, 0) is 13.8 Å². The molecule has 0 unspecified atom stereocenters. The van der Waals surface area contributed by atoms with Crippen molar-refractivity contribution in [3.05, 3.63) is 18.2 Å². The summed E-state index contributed by atoms with van der Waals surface area (Å²) in [5.41, 5.74) is 0.488. The smallest absolute Gasteiger partial charge is 0.182 e. The van der Waals surface area contributed by atoms with Crippen LogP contribution in [0.2, 0.25) is 0 Å². The Labute approximate surface area is 88.6 Å². The molecule has 5 nitrogen and oxygen atoms in total. The van der Waals surface area contributed by atoms with Crippen molar-refractivity contribution in [1.29, 1.82) is 0 Å². The van der Waals surface area contributed by atoms with E-state index in [1.807, 2.05) is 25.5 Å². The molecular formula is C10H15N3O2. The van der Waals surface area contributed by atoms with Crippen LogP contribution in [0.1, 0.15) is 19.5 Å². The number of aromatic nitrogens is 2. The van der Waals surface area contributed by atoms with Gasteiger partial charge in [0, 0.05) is 13.2 Å². The molecule has 82 valence electrons. The Morgan fingerprint density at radius 3 is 2.80 bits per heavy atom. The molecule has 1 fully saturated rings. The maximum absolute atomic E-state index is 11.5. The molecule has 0 bridgehead atoms. The zero-order chi connectivity index (χ0) is 11.1. The minimum atomic E-state index is -0.537. The van der Waals surface area contributed by atoms with Gasteiger partial charge < -0.3 is 4.57 Å². The quantitative estimate of drug-likeness (QED) is 0.712. The van der Waals surface area contributed by atoms with Gasteiger partial charge >= 0.3 is 0 Å². The number of Topliss-reactive ketones (excluding diaryl/α,β-unsaturated/α-hetero) is 1. The standard InChI is InChI=1S/C10H15N3O2/c1-10(2)9(14)6-15-13(10)5-8-4-11-7-12(8)3/h4,7H,5-6H2,1-3H3. The van der Waals surface area contributed by atoms with Crippen molar-refractivity contribution >= 4 is 5.78 Å². The Hall–Kier alpha value is -1.20. The molecule has 1 aliphatic rings. The van der Waals surface area contributed by atoms with Crippen LogP contribution in [0.15, 0.2) is 12.5 Å². The summed E-state index contributed by atoms with van der Waals surface area (Å²) in [6.45, 7) is 4.50. The third-order valence-corrected chi connectivity index (χ3v) is 2.88. The van der Waals surface area contributed by atoms with Crippen molar-refractivity contribution in [1.82, 2.24) is 14.6 Å². The summed E-state index contributed by atoms with van der Waals surface area (Å²) in [6, 6.07) is 0. The number of carbonyl (C=O) groups is 1. The van der Waals surface area contributed by atoms with E-state index in [1.54, 1.807) is 17.6 Å². The van der Waals surface area contributed by atoms with Gasteiger partial charge in [-0.2, -0.15) is 5.06 Å². The molecule has 0 aromatic carbocycles. The Morgan fingerprint density at radius 2 is 2.33 bits per heavy atom. The first-order valence-electron chi connectivity index (χ1n) is 4.91. The van der Waals surface area contributed by atoms with E-state index in [-0.39, 0.29) is 12.4 Å². The summed E-state index contributed by atoms with van der Waals surface area (Å²) < 4.78 is 1.92. The lowest BCUT2D eigenvalue weighted by molar-refractivity contribution is -0.164. The molecule has 0 aliphatic carbocycles. The first-order valence-corrected chi connectivity index (χ1v) is 4.91. The zero-order valence-electron chi connectivity index (χ0n) is 9.23. The van der Waals surface area contributed by atoms with Crippen molar-refractivity contribution in [2.45, 2.75) is 25.9 Å². The van der Waals surface area contributed by atoms with E-state index >= 15 is 0 Å². The van der Waals surface area contributed by atoms with Crippen molar-refractivity contribution in [2.24, 2.45) is 7.05 Å². The van der Waals surface area contributed by atoms with E-state index in [2.05, 4.69) is 4.98 Å².